The highest BCUT2D eigenvalue weighted by Crippen LogP contribution is 2.28. The molecule has 2 aromatic carbocycles. The van der Waals surface area contributed by atoms with Crippen LogP contribution in [0, 0.1) is 0 Å². The molecular weight excluding hydrogens is 452 g/mol. The molecule has 1 aliphatic rings. The molecular formula is C27H35ClN2O4. The molecule has 2 amide bonds. The summed E-state index contributed by atoms with van der Waals surface area (Å²) in [6.07, 6.45) is 5.60. The standard InChI is InChI=1S/C27H35ClN2O4/c1-4-23(27(32)29-21-10-6-7-11-21)30(18-20-9-5-8-12-22(20)28)26(31)16-14-19-13-15-24(33-2)25(17-19)34-3/h5,8-9,12-13,15,17,21,23H,4,6-7,10-11,14,16,18H2,1-3H3,(H,29,32)/t23-/m0/s1. The Bertz CT molecular complexity index is 975. The topological polar surface area (TPSA) is 67.9 Å². The molecule has 184 valence electrons. The summed E-state index contributed by atoms with van der Waals surface area (Å²) in [7, 11) is 3.18. The quantitative estimate of drug-likeness (QED) is 0.476. The summed E-state index contributed by atoms with van der Waals surface area (Å²) in [4.78, 5) is 28.4. The molecule has 0 spiro atoms. The van der Waals surface area contributed by atoms with Crippen molar-refractivity contribution in [3.63, 3.8) is 0 Å². The first-order valence-electron chi connectivity index (χ1n) is 12.0. The minimum Gasteiger partial charge on any atom is -0.493 e. The van der Waals surface area contributed by atoms with Crippen LogP contribution in [0.1, 0.15) is 56.6 Å². The molecule has 0 radical (unpaired) electrons. The first-order valence-corrected chi connectivity index (χ1v) is 12.4. The van der Waals surface area contributed by atoms with Crippen molar-refractivity contribution in [3.8, 4) is 11.5 Å². The van der Waals surface area contributed by atoms with Gasteiger partial charge in [0.05, 0.1) is 14.2 Å². The number of benzene rings is 2. The van der Waals surface area contributed by atoms with Gasteiger partial charge in [0, 0.05) is 24.0 Å². The fraction of sp³-hybridized carbons (Fsp3) is 0.481. The molecule has 0 aliphatic heterocycles. The first kappa shape index (κ1) is 25.9. The average molecular weight is 487 g/mol. The predicted octanol–water partition coefficient (Wildman–Crippen LogP) is 5.16. The van der Waals surface area contributed by atoms with Gasteiger partial charge in [0.1, 0.15) is 6.04 Å². The van der Waals surface area contributed by atoms with Gasteiger partial charge in [-0.2, -0.15) is 0 Å². The van der Waals surface area contributed by atoms with Crippen LogP contribution >= 0.6 is 11.6 Å². The number of aryl methyl sites for hydroxylation is 1. The van der Waals surface area contributed by atoms with Gasteiger partial charge in [-0.3, -0.25) is 9.59 Å². The third-order valence-corrected chi connectivity index (χ3v) is 6.83. The molecule has 0 aromatic heterocycles. The lowest BCUT2D eigenvalue weighted by Crippen LogP contribution is -2.51. The van der Waals surface area contributed by atoms with Gasteiger partial charge < -0.3 is 19.7 Å². The minimum atomic E-state index is -0.547. The van der Waals surface area contributed by atoms with E-state index in [2.05, 4.69) is 5.32 Å². The lowest BCUT2D eigenvalue weighted by atomic mass is 10.0. The van der Waals surface area contributed by atoms with E-state index in [0.717, 1.165) is 36.8 Å². The van der Waals surface area contributed by atoms with E-state index in [1.165, 1.54) is 0 Å². The maximum Gasteiger partial charge on any atom is 0.243 e. The number of rotatable bonds is 11. The SMILES string of the molecule is CC[C@@H](C(=O)NC1CCCC1)N(Cc1ccccc1Cl)C(=O)CCc1ccc(OC)c(OC)c1. The zero-order chi connectivity index (χ0) is 24.5. The maximum atomic E-state index is 13.5. The largest absolute Gasteiger partial charge is 0.493 e. The summed E-state index contributed by atoms with van der Waals surface area (Å²) in [5, 5.41) is 3.76. The van der Waals surface area contributed by atoms with Crippen LogP contribution in [0.15, 0.2) is 42.5 Å². The monoisotopic (exact) mass is 486 g/mol. The van der Waals surface area contributed by atoms with E-state index in [9.17, 15) is 9.59 Å². The number of halogens is 1. The number of methoxy groups -OCH3 is 2. The first-order chi connectivity index (χ1) is 16.5. The van der Waals surface area contributed by atoms with Crippen molar-refractivity contribution in [2.45, 2.75) is 70.5 Å². The smallest absolute Gasteiger partial charge is 0.243 e. The second kappa shape index (κ2) is 12.7. The Kier molecular flexibility index (Phi) is 9.63. The van der Waals surface area contributed by atoms with Crippen LogP contribution < -0.4 is 14.8 Å². The molecule has 6 nitrogen and oxygen atoms in total. The van der Waals surface area contributed by atoms with Gasteiger partial charge in [0.25, 0.3) is 0 Å². The van der Waals surface area contributed by atoms with Crippen molar-refractivity contribution in [1.29, 1.82) is 0 Å². The Morgan fingerprint density at radius 2 is 1.79 bits per heavy atom. The molecule has 34 heavy (non-hydrogen) atoms. The number of hydrogen-bond acceptors (Lipinski definition) is 4. The molecule has 0 heterocycles. The Morgan fingerprint density at radius 3 is 2.44 bits per heavy atom. The molecule has 1 fully saturated rings. The molecule has 3 rings (SSSR count). The summed E-state index contributed by atoms with van der Waals surface area (Å²) in [5.74, 6) is 1.11. The Balaban J connectivity index is 1.78. The molecule has 2 aromatic rings. The summed E-state index contributed by atoms with van der Waals surface area (Å²) < 4.78 is 10.7. The van der Waals surface area contributed by atoms with Gasteiger partial charge in [0.15, 0.2) is 11.5 Å². The van der Waals surface area contributed by atoms with Crippen LogP contribution in [0.2, 0.25) is 5.02 Å². The lowest BCUT2D eigenvalue weighted by Gasteiger charge is -2.32. The van der Waals surface area contributed by atoms with Gasteiger partial charge in [-0.05, 0) is 55.0 Å². The second-order valence-electron chi connectivity index (χ2n) is 8.72. The summed E-state index contributed by atoms with van der Waals surface area (Å²) in [6, 6.07) is 12.8. The number of carbonyl (C=O) groups excluding carboxylic acids is 2. The highest BCUT2D eigenvalue weighted by Gasteiger charge is 2.30. The van der Waals surface area contributed by atoms with E-state index in [4.69, 9.17) is 21.1 Å². The van der Waals surface area contributed by atoms with Crippen LogP contribution in [0.3, 0.4) is 0 Å². The van der Waals surface area contributed by atoms with Crippen molar-refractivity contribution >= 4 is 23.4 Å². The Labute approximate surface area is 207 Å². The lowest BCUT2D eigenvalue weighted by molar-refractivity contribution is -0.141. The van der Waals surface area contributed by atoms with Gasteiger partial charge in [-0.25, -0.2) is 0 Å². The van der Waals surface area contributed by atoms with Gasteiger partial charge in [0.2, 0.25) is 11.8 Å². The molecule has 1 atom stereocenters. The van der Waals surface area contributed by atoms with Crippen molar-refractivity contribution in [2.24, 2.45) is 0 Å². The number of hydrogen-bond donors (Lipinski definition) is 1. The van der Waals surface area contributed by atoms with Crippen molar-refractivity contribution < 1.29 is 19.1 Å². The highest BCUT2D eigenvalue weighted by atomic mass is 35.5. The van der Waals surface area contributed by atoms with Crippen LogP contribution in [0.4, 0.5) is 0 Å². The van der Waals surface area contributed by atoms with E-state index >= 15 is 0 Å². The average Bonchev–Trinajstić information content (AvgIpc) is 3.36. The molecule has 1 N–H and O–H groups in total. The van der Waals surface area contributed by atoms with Gasteiger partial charge in [-0.15, -0.1) is 0 Å². The summed E-state index contributed by atoms with van der Waals surface area (Å²) in [5.41, 5.74) is 1.79. The molecule has 0 unspecified atom stereocenters. The summed E-state index contributed by atoms with van der Waals surface area (Å²) >= 11 is 6.41. The third kappa shape index (κ3) is 6.66. The van der Waals surface area contributed by atoms with Crippen LogP contribution in [-0.2, 0) is 22.6 Å². The Morgan fingerprint density at radius 1 is 1.09 bits per heavy atom. The van der Waals surface area contributed by atoms with Gasteiger partial charge in [-0.1, -0.05) is 55.6 Å². The van der Waals surface area contributed by atoms with Gasteiger partial charge >= 0.3 is 0 Å². The zero-order valence-corrected chi connectivity index (χ0v) is 21.1. The molecule has 7 heteroatoms. The molecule has 0 saturated heterocycles. The van der Waals surface area contributed by atoms with E-state index in [1.807, 2.05) is 49.4 Å². The fourth-order valence-corrected chi connectivity index (χ4v) is 4.72. The van der Waals surface area contributed by atoms with E-state index < -0.39 is 6.04 Å². The van der Waals surface area contributed by atoms with Crippen molar-refractivity contribution in [1.82, 2.24) is 10.2 Å². The Hall–Kier alpha value is -2.73. The highest BCUT2D eigenvalue weighted by molar-refractivity contribution is 6.31. The molecule has 1 saturated carbocycles. The zero-order valence-electron chi connectivity index (χ0n) is 20.3. The molecule has 0 bridgehead atoms. The minimum absolute atomic E-state index is 0.0804. The van der Waals surface area contributed by atoms with Crippen molar-refractivity contribution in [3.05, 3.63) is 58.6 Å². The summed E-state index contributed by atoms with van der Waals surface area (Å²) in [6.45, 7) is 2.24. The number of ether oxygens (including phenoxy) is 2. The van der Waals surface area contributed by atoms with Crippen LogP contribution in [0.5, 0.6) is 11.5 Å². The normalized spacial score (nSPS) is 14.5. The third-order valence-electron chi connectivity index (χ3n) is 6.46. The maximum absolute atomic E-state index is 13.5. The van der Waals surface area contributed by atoms with E-state index in [-0.39, 0.29) is 24.3 Å². The van der Waals surface area contributed by atoms with Crippen LogP contribution in [0.25, 0.3) is 0 Å². The fourth-order valence-electron chi connectivity index (χ4n) is 4.53. The van der Waals surface area contributed by atoms with Crippen LogP contribution in [-0.4, -0.2) is 43.0 Å². The number of nitrogens with one attached hydrogen (secondary N) is 1. The number of nitrogens with zero attached hydrogens (tertiary/aromatic N) is 1. The number of amides is 2. The van der Waals surface area contributed by atoms with Crippen molar-refractivity contribution in [2.75, 3.05) is 14.2 Å². The number of carbonyl (C=O) groups is 2. The predicted molar refractivity (Wildman–Crippen MR) is 134 cm³/mol. The van der Waals surface area contributed by atoms with E-state index in [0.29, 0.717) is 35.9 Å². The molecule has 1 aliphatic carbocycles. The van der Waals surface area contributed by atoms with E-state index in [1.54, 1.807) is 19.1 Å². The second-order valence-corrected chi connectivity index (χ2v) is 9.12.